The second-order valence-corrected chi connectivity index (χ2v) is 4.24. The molecule has 0 rings (SSSR count). The third-order valence-electron chi connectivity index (χ3n) is 1.19. The van der Waals surface area contributed by atoms with Gasteiger partial charge in [-0.25, -0.2) is 0 Å². The topological polar surface area (TPSA) is 55.7 Å². The maximum Gasteiger partial charge on any atom is 0.534 e. The number of rotatable bonds is 2. The van der Waals surface area contributed by atoms with Gasteiger partial charge >= 0.3 is 15.6 Å². The van der Waals surface area contributed by atoms with E-state index in [2.05, 4.69) is 9.18 Å². The Kier molecular flexibility index (Phi) is 3.92. The molecule has 0 amide bonds. The zero-order chi connectivity index (χ0) is 11.6. The molecule has 0 bridgehead atoms. The van der Waals surface area contributed by atoms with Gasteiger partial charge in [-0.2, -0.15) is 21.6 Å². The van der Waals surface area contributed by atoms with Gasteiger partial charge in [-0.05, 0) is 0 Å². The first-order chi connectivity index (χ1) is 6.12. The van der Waals surface area contributed by atoms with Crippen LogP contribution in [0.4, 0.5) is 13.2 Å². The first-order valence-corrected chi connectivity index (χ1v) is 5.00. The van der Waals surface area contributed by atoms with Crippen LogP contribution >= 0.6 is 0 Å². The zero-order valence-electron chi connectivity index (χ0n) is 7.79. The Morgan fingerprint density at radius 3 is 2.00 bits per heavy atom. The first kappa shape index (κ1) is 13.2. The van der Waals surface area contributed by atoms with Crippen LogP contribution < -0.4 is 0 Å². The van der Waals surface area contributed by atoms with Crippen molar-refractivity contribution in [3.63, 3.8) is 0 Å². The minimum atomic E-state index is -5.58. The molecule has 0 spiro atoms. The lowest BCUT2D eigenvalue weighted by Gasteiger charge is -2.12. The van der Waals surface area contributed by atoms with Crippen molar-refractivity contribution in [1.29, 1.82) is 0 Å². The number of nitrogens with zero attached hydrogens (tertiary/aromatic N) is 1. The molecular formula is C6H10F3NO3S. The molecule has 8 heteroatoms. The van der Waals surface area contributed by atoms with Gasteiger partial charge in [0.2, 0.25) is 5.90 Å². The number of aliphatic imine (C=N–C) groups is 1. The van der Waals surface area contributed by atoms with Gasteiger partial charge in [-0.3, -0.25) is 4.99 Å². The molecule has 0 aliphatic rings. The molecule has 0 fully saturated rings. The molecule has 4 nitrogen and oxygen atoms in total. The molecule has 0 N–H and O–H groups in total. The van der Waals surface area contributed by atoms with Crippen molar-refractivity contribution < 1.29 is 25.8 Å². The first-order valence-electron chi connectivity index (χ1n) is 3.59. The SMILES string of the molecule is CN=C(OS(=O)(=O)C(F)(F)F)C(C)C. The number of hydrogen-bond acceptors (Lipinski definition) is 4. The molecule has 0 atom stereocenters. The van der Waals surface area contributed by atoms with E-state index in [1.807, 2.05) is 0 Å². The summed E-state index contributed by atoms with van der Waals surface area (Å²) in [6, 6.07) is 0. The summed E-state index contributed by atoms with van der Waals surface area (Å²) in [4.78, 5) is 3.30. The van der Waals surface area contributed by atoms with E-state index in [1.54, 1.807) is 0 Å². The monoisotopic (exact) mass is 233 g/mol. The summed E-state index contributed by atoms with van der Waals surface area (Å²) in [5.41, 5.74) is -5.42. The van der Waals surface area contributed by atoms with Gasteiger partial charge in [0.15, 0.2) is 0 Å². The fourth-order valence-electron chi connectivity index (χ4n) is 0.551. The summed E-state index contributed by atoms with van der Waals surface area (Å²) in [7, 11) is -4.43. The molecule has 0 aliphatic heterocycles. The Balaban J connectivity index is 4.87. The lowest BCUT2D eigenvalue weighted by atomic mass is 10.2. The van der Waals surface area contributed by atoms with E-state index >= 15 is 0 Å². The van der Waals surface area contributed by atoms with Crippen LogP contribution in [0.1, 0.15) is 13.8 Å². The summed E-state index contributed by atoms with van der Waals surface area (Å²) in [6.45, 7) is 2.93. The van der Waals surface area contributed by atoms with Crippen molar-refractivity contribution in [2.45, 2.75) is 19.4 Å². The van der Waals surface area contributed by atoms with Gasteiger partial charge in [0.05, 0.1) is 0 Å². The Morgan fingerprint density at radius 2 is 1.79 bits per heavy atom. The fraction of sp³-hybridized carbons (Fsp3) is 0.833. The van der Waals surface area contributed by atoms with Crippen molar-refractivity contribution in [3.05, 3.63) is 0 Å². The molecule has 0 aromatic heterocycles. The van der Waals surface area contributed by atoms with Gasteiger partial charge in [-0.15, -0.1) is 0 Å². The average molecular weight is 233 g/mol. The number of alkyl halides is 3. The van der Waals surface area contributed by atoms with Crippen molar-refractivity contribution in [1.82, 2.24) is 0 Å². The lowest BCUT2D eigenvalue weighted by molar-refractivity contribution is -0.0506. The van der Waals surface area contributed by atoms with E-state index in [0.29, 0.717) is 0 Å². The molecule has 14 heavy (non-hydrogen) atoms. The summed E-state index contributed by atoms with van der Waals surface area (Å²) in [5, 5.41) is 0. The van der Waals surface area contributed by atoms with Crippen LogP contribution in [-0.2, 0) is 14.3 Å². The molecule has 0 aromatic carbocycles. The maximum atomic E-state index is 11.8. The average Bonchev–Trinajstić information content (AvgIpc) is 1.97. The molecule has 0 saturated carbocycles. The van der Waals surface area contributed by atoms with Crippen LogP contribution in [0.15, 0.2) is 4.99 Å². The van der Waals surface area contributed by atoms with Crippen LogP contribution in [0.3, 0.4) is 0 Å². The molecular weight excluding hydrogens is 223 g/mol. The van der Waals surface area contributed by atoms with E-state index in [4.69, 9.17) is 0 Å². The molecule has 0 aliphatic carbocycles. The smallest absolute Gasteiger partial charge is 0.360 e. The van der Waals surface area contributed by atoms with Gasteiger partial charge in [0, 0.05) is 13.0 Å². The fourth-order valence-corrected chi connectivity index (χ4v) is 1.14. The van der Waals surface area contributed by atoms with Gasteiger partial charge < -0.3 is 4.18 Å². The minimum absolute atomic E-state index is 0.470. The highest BCUT2D eigenvalue weighted by Crippen LogP contribution is 2.25. The van der Waals surface area contributed by atoms with Crippen molar-refractivity contribution >= 4 is 16.0 Å². The number of hydrogen-bond donors (Lipinski definition) is 0. The highest BCUT2D eigenvalue weighted by molar-refractivity contribution is 7.88. The summed E-state index contributed by atoms with van der Waals surface area (Å²) in [6.07, 6.45) is 0. The van der Waals surface area contributed by atoms with Gasteiger partial charge in [-0.1, -0.05) is 13.8 Å². The highest BCUT2D eigenvalue weighted by Gasteiger charge is 2.49. The molecule has 0 radical (unpaired) electrons. The highest BCUT2D eigenvalue weighted by atomic mass is 32.2. The van der Waals surface area contributed by atoms with Gasteiger partial charge in [0.25, 0.3) is 0 Å². The summed E-state index contributed by atoms with van der Waals surface area (Å²) in [5.74, 6) is -1.00. The van der Waals surface area contributed by atoms with Crippen molar-refractivity contribution in [2.24, 2.45) is 10.9 Å². The molecule has 0 heterocycles. The number of halogens is 3. The van der Waals surface area contributed by atoms with Crippen molar-refractivity contribution in [3.8, 4) is 0 Å². The largest absolute Gasteiger partial charge is 0.534 e. The second kappa shape index (κ2) is 4.16. The Labute approximate surface area is 79.9 Å². The third kappa shape index (κ3) is 3.17. The van der Waals surface area contributed by atoms with Crippen LogP contribution in [0.5, 0.6) is 0 Å². The standard InChI is InChI=1S/C6H10F3NO3S/c1-4(2)5(10-3)13-14(11,12)6(7,8)9/h4H,1-3H3. The third-order valence-corrected chi connectivity index (χ3v) is 2.15. The Hall–Kier alpha value is -0.790. The summed E-state index contributed by atoms with van der Waals surface area (Å²) >= 11 is 0. The normalized spacial score (nSPS) is 14.6. The maximum absolute atomic E-state index is 11.8. The summed E-state index contributed by atoms with van der Waals surface area (Å²) < 4.78 is 60.3. The van der Waals surface area contributed by atoms with Crippen LogP contribution in [0.2, 0.25) is 0 Å². The molecule has 0 saturated heterocycles. The van der Waals surface area contributed by atoms with Crippen LogP contribution in [-0.4, -0.2) is 26.9 Å². The molecule has 84 valence electrons. The van der Waals surface area contributed by atoms with E-state index in [1.165, 1.54) is 13.8 Å². The Morgan fingerprint density at radius 1 is 1.36 bits per heavy atom. The minimum Gasteiger partial charge on any atom is -0.360 e. The molecule has 0 unspecified atom stereocenters. The van der Waals surface area contributed by atoms with Crippen LogP contribution in [0.25, 0.3) is 0 Å². The predicted octanol–water partition coefficient (Wildman–Crippen LogP) is 1.54. The van der Waals surface area contributed by atoms with Gasteiger partial charge in [0.1, 0.15) is 0 Å². The Bertz CT molecular complexity index is 318. The predicted molar refractivity (Wildman–Crippen MR) is 44.3 cm³/mol. The quantitative estimate of drug-likeness (QED) is 0.314. The molecule has 0 aromatic rings. The van der Waals surface area contributed by atoms with Crippen molar-refractivity contribution in [2.75, 3.05) is 7.05 Å². The van der Waals surface area contributed by atoms with E-state index in [-0.39, 0.29) is 0 Å². The van der Waals surface area contributed by atoms with E-state index < -0.39 is 27.4 Å². The second-order valence-electron chi connectivity index (χ2n) is 2.70. The van der Waals surface area contributed by atoms with Crippen LogP contribution in [0, 0.1) is 5.92 Å². The van der Waals surface area contributed by atoms with E-state index in [0.717, 1.165) is 7.05 Å². The zero-order valence-corrected chi connectivity index (χ0v) is 8.61. The lowest BCUT2D eigenvalue weighted by Crippen LogP contribution is -2.29. The van der Waals surface area contributed by atoms with E-state index in [9.17, 15) is 21.6 Å².